The fourth-order valence-corrected chi connectivity index (χ4v) is 5.28. The Hall–Kier alpha value is -2.58. The van der Waals surface area contributed by atoms with Gasteiger partial charge in [-0.3, -0.25) is 9.59 Å². The predicted octanol–water partition coefficient (Wildman–Crippen LogP) is 3.56. The van der Waals surface area contributed by atoms with Crippen molar-refractivity contribution < 1.29 is 23.8 Å². The zero-order valence-electron chi connectivity index (χ0n) is 17.7. The summed E-state index contributed by atoms with van der Waals surface area (Å²) in [5, 5.41) is 6.53. The van der Waals surface area contributed by atoms with Crippen molar-refractivity contribution in [2.45, 2.75) is 44.6 Å². The Morgan fingerprint density at radius 3 is 2.65 bits per heavy atom. The Balaban J connectivity index is 1.41. The fraction of sp³-hybridized carbons (Fsp3) is 0.478. The highest BCUT2D eigenvalue weighted by molar-refractivity contribution is 7.17. The van der Waals surface area contributed by atoms with E-state index in [2.05, 4.69) is 10.6 Å². The number of anilines is 1. The second-order valence-corrected chi connectivity index (χ2v) is 8.88. The van der Waals surface area contributed by atoms with Crippen LogP contribution in [0.5, 0.6) is 11.5 Å². The first-order chi connectivity index (χ1) is 15.1. The van der Waals surface area contributed by atoms with E-state index in [1.807, 2.05) is 0 Å². The molecule has 2 N–H and O–H groups in total. The van der Waals surface area contributed by atoms with Crippen molar-refractivity contribution in [2.24, 2.45) is 0 Å². The van der Waals surface area contributed by atoms with Gasteiger partial charge in [0, 0.05) is 18.0 Å². The highest BCUT2D eigenvalue weighted by Crippen LogP contribution is 2.38. The molecule has 1 aromatic carbocycles. The van der Waals surface area contributed by atoms with Gasteiger partial charge in [0.2, 0.25) is 0 Å². The van der Waals surface area contributed by atoms with Gasteiger partial charge >= 0.3 is 0 Å². The Morgan fingerprint density at radius 1 is 1.13 bits per heavy atom. The minimum Gasteiger partial charge on any atom is -0.497 e. The molecule has 1 saturated heterocycles. The summed E-state index contributed by atoms with van der Waals surface area (Å²) in [6, 6.07) is 7.05. The summed E-state index contributed by atoms with van der Waals surface area (Å²) < 4.78 is 16.3. The van der Waals surface area contributed by atoms with Crippen LogP contribution < -0.4 is 20.1 Å². The predicted molar refractivity (Wildman–Crippen MR) is 119 cm³/mol. The molecule has 4 rings (SSSR count). The third kappa shape index (κ3) is 5.37. The van der Waals surface area contributed by atoms with Gasteiger partial charge in [-0.05, 0) is 68.4 Å². The standard InChI is InChI=1S/C23H28N2O5S/c1-28-15-8-10-16(11-9-15)30-14-20(26)25-23-21(18-6-2-3-7-19(18)31-23)22(27)24-13-17-5-4-12-29-17/h8-11,17H,2-7,12-14H2,1H3,(H,24,27)(H,25,26)/t17-/m1/s1. The molecule has 1 aliphatic heterocycles. The molecular weight excluding hydrogens is 416 g/mol. The number of benzene rings is 1. The number of thiophene rings is 1. The summed E-state index contributed by atoms with van der Waals surface area (Å²) >= 11 is 1.51. The van der Waals surface area contributed by atoms with Crippen LogP contribution in [0.2, 0.25) is 0 Å². The number of carbonyl (C=O) groups is 2. The Labute approximate surface area is 186 Å². The van der Waals surface area contributed by atoms with E-state index in [9.17, 15) is 9.59 Å². The highest BCUT2D eigenvalue weighted by atomic mass is 32.1. The number of amides is 2. The van der Waals surface area contributed by atoms with Gasteiger partial charge in [-0.2, -0.15) is 0 Å². The second kappa shape index (κ2) is 10.2. The van der Waals surface area contributed by atoms with E-state index >= 15 is 0 Å². The van der Waals surface area contributed by atoms with Gasteiger partial charge in [0.25, 0.3) is 11.8 Å². The quantitative estimate of drug-likeness (QED) is 0.650. The summed E-state index contributed by atoms with van der Waals surface area (Å²) in [5.74, 6) is 0.874. The summed E-state index contributed by atoms with van der Waals surface area (Å²) in [6.45, 7) is 1.12. The van der Waals surface area contributed by atoms with Crippen LogP contribution in [0.15, 0.2) is 24.3 Å². The minimum absolute atomic E-state index is 0.0781. The molecule has 0 saturated carbocycles. The second-order valence-electron chi connectivity index (χ2n) is 7.77. The maximum atomic E-state index is 13.0. The van der Waals surface area contributed by atoms with Crippen LogP contribution in [-0.2, 0) is 22.4 Å². The van der Waals surface area contributed by atoms with Crippen LogP contribution in [0.3, 0.4) is 0 Å². The number of aryl methyl sites for hydroxylation is 1. The smallest absolute Gasteiger partial charge is 0.262 e. The molecule has 1 atom stereocenters. The van der Waals surface area contributed by atoms with Crippen LogP contribution in [0.1, 0.15) is 46.5 Å². The molecule has 0 spiro atoms. The maximum absolute atomic E-state index is 13.0. The largest absolute Gasteiger partial charge is 0.497 e. The molecule has 166 valence electrons. The molecule has 8 heteroatoms. The molecule has 1 fully saturated rings. The van der Waals surface area contributed by atoms with Crippen LogP contribution in [-0.4, -0.2) is 44.8 Å². The van der Waals surface area contributed by atoms with Crippen molar-refractivity contribution in [2.75, 3.05) is 32.2 Å². The van der Waals surface area contributed by atoms with E-state index in [-0.39, 0.29) is 24.5 Å². The van der Waals surface area contributed by atoms with Crippen molar-refractivity contribution in [1.82, 2.24) is 5.32 Å². The van der Waals surface area contributed by atoms with Crippen molar-refractivity contribution in [3.63, 3.8) is 0 Å². The molecule has 2 amide bonds. The van der Waals surface area contributed by atoms with Crippen LogP contribution in [0.25, 0.3) is 0 Å². The zero-order valence-corrected chi connectivity index (χ0v) is 18.5. The molecule has 7 nitrogen and oxygen atoms in total. The average molecular weight is 445 g/mol. The van der Waals surface area contributed by atoms with Gasteiger partial charge in [0.15, 0.2) is 6.61 Å². The van der Waals surface area contributed by atoms with Crippen molar-refractivity contribution in [1.29, 1.82) is 0 Å². The number of hydrogen-bond acceptors (Lipinski definition) is 6. The minimum atomic E-state index is -0.289. The van der Waals surface area contributed by atoms with Gasteiger partial charge in [-0.1, -0.05) is 0 Å². The number of methoxy groups -OCH3 is 1. The van der Waals surface area contributed by atoms with Crippen molar-refractivity contribution >= 4 is 28.2 Å². The molecule has 0 unspecified atom stereocenters. The number of ether oxygens (including phenoxy) is 3. The summed E-state index contributed by atoms with van der Waals surface area (Å²) in [7, 11) is 1.60. The number of fused-ring (bicyclic) bond motifs is 1. The molecular formula is C23H28N2O5S. The monoisotopic (exact) mass is 444 g/mol. The molecule has 0 radical (unpaired) electrons. The summed E-state index contributed by atoms with van der Waals surface area (Å²) in [5.41, 5.74) is 1.68. The first-order valence-electron chi connectivity index (χ1n) is 10.7. The average Bonchev–Trinajstić information content (AvgIpc) is 3.44. The molecule has 2 aliphatic rings. The van der Waals surface area contributed by atoms with Crippen molar-refractivity contribution in [3.8, 4) is 11.5 Å². The number of nitrogens with one attached hydrogen (secondary N) is 2. The maximum Gasteiger partial charge on any atom is 0.262 e. The van der Waals surface area contributed by atoms with E-state index in [1.165, 1.54) is 16.2 Å². The molecule has 1 aliphatic carbocycles. The highest BCUT2D eigenvalue weighted by Gasteiger charge is 2.27. The normalized spacial score (nSPS) is 17.6. The third-order valence-electron chi connectivity index (χ3n) is 5.59. The lowest BCUT2D eigenvalue weighted by atomic mass is 9.95. The molecule has 2 heterocycles. The Morgan fingerprint density at radius 2 is 1.90 bits per heavy atom. The molecule has 31 heavy (non-hydrogen) atoms. The van der Waals surface area contributed by atoms with Crippen LogP contribution >= 0.6 is 11.3 Å². The topological polar surface area (TPSA) is 85.9 Å². The first-order valence-corrected chi connectivity index (χ1v) is 11.6. The van der Waals surface area contributed by atoms with Gasteiger partial charge in [-0.15, -0.1) is 11.3 Å². The number of rotatable bonds is 8. The van der Waals surface area contributed by atoms with Crippen LogP contribution in [0, 0.1) is 0 Å². The van der Waals surface area contributed by atoms with Crippen molar-refractivity contribution in [3.05, 3.63) is 40.3 Å². The van der Waals surface area contributed by atoms with E-state index in [1.54, 1.807) is 31.4 Å². The van der Waals surface area contributed by atoms with E-state index < -0.39 is 0 Å². The molecule has 1 aromatic heterocycles. The third-order valence-corrected chi connectivity index (χ3v) is 6.80. The van der Waals surface area contributed by atoms with Crippen LogP contribution in [0.4, 0.5) is 5.00 Å². The van der Waals surface area contributed by atoms with Gasteiger partial charge in [0.1, 0.15) is 16.5 Å². The lowest BCUT2D eigenvalue weighted by Gasteiger charge is -2.15. The summed E-state index contributed by atoms with van der Waals surface area (Å²) in [6.07, 6.45) is 6.06. The number of carbonyl (C=O) groups excluding carboxylic acids is 2. The molecule has 0 bridgehead atoms. The Bertz CT molecular complexity index is 919. The Kier molecular flexibility index (Phi) is 7.09. The van der Waals surface area contributed by atoms with Gasteiger partial charge in [-0.25, -0.2) is 0 Å². The van der Waals surface area contributed by atoms with E-state index in [4.69, 9.17) is 14.2 Å². The lowest BCUT2D eigenvalue weighted by Crippen LogP contribution is -2.33. The summed E-state index contributed by atoms with van der Waals surface area (Å²) in [4.78, 5) is 26.8. The number of hydrogen-bond donors (Lipinski definition) is 2. The van der Waals surface area contributed by atoms with E-state index in [0.717, 1.165) is 56.4 Å². The SMILES string of the molecule is COc1ccc(OCC(=O)Nc2sc3c(c2C(=O)NC[C@H]2CCCO2)CCCC3)cc1. The van der Waals surface area contributed by atoms with Gasteiger partial charge < -0.3 is 24.8 Å². The van der Waals surface area contributed by atoms with Gasteiger partial charge in [0.05, 0.1) is 18.8 Å². The first kappa shape index (κ1) is 21.6. The zero-order chi connectivity index (χ0) is 21.6. The fourth-order valence-electron chi connectivity index (χ4n) is 3.98. The lowest BCUT2D eigenvalue weighted by molar-refractivity contribution is -0.118. The van der Waals surface area contributed by atoms with E-state index in [0.29, 0.717) is 22.9 Å². The molecule has 2 aromatic rings.